The molecule has 0 saturated heterocycles. The van der Waals surface area contributed by atoms with Crippen molar-refractivity contribution in [2.24, 2.45) is 0 Å². The molecule has 0 unspecified atom stereocenters. The van der Waals surface area contributed by atoms with Gasteiger partial charge < -0.3 is 9.84 Å². The first-order valence-electron chi connectivity index (χ1n) is 8.07. The summed E-state index contributed by atoms with van der Waals surface area (Å²) < 4.78 is 4.46. The Balaban J connectivity index is 3.01. The van der Waals surface area contributed by atoms with Crippen LogP contribution in [0.1, 0.15) is 90.4 Å². The summed E-state index contributed by atoms with van der Waals surface area (Å²) in [7, 11) is 0. The van der Waals surface area contributed by atoms with E-state index in [1.807, 2.05) is 0 Å². The van der Waals surface area contributed by atoms with Crippen molar-refractivity contribution < 1.29 is 14.6 Å². The maximum atomic E-state index is 10.9. The first kappa shape index (κ1) is 18.4. The first-order valence-corrected chi connectivity index (χ1v) is 8.07. The van der Waals surface area contributed by atoms with Crippen LogP contribution in [0.3, 0.4) is 0 Å². The Kier molecular flexibility index (Phi) is 15.0. The number of unbranched alkanes of at least 4 members (excludes halogenated alkanes) is 11. The molecule has 0 heterocycles. The molecule has 0 atom stereocenters. The summed E-state index contributed by atoms with van der Waals surface area (Å²) in [6.45, 7) is 1.76. The van der Waals surface area contributed by atoms with Gasteiger partial charge in [0.05, 0.1) is 0 Å². The van der Waals surface area contributed by atoms with Crippen LogP contribution in [0.25, 0.3) is 0 Å². The average molecular weight is 272 g/mol. The highest BCUT2D eigenvalue weighted by Crippen LogP contribution is 2.12. The second-order valence-electron chi connectivity index (χ2n) is 5.28. The predicted octanol–water partition coefficient (Wildman–Crippen LogP) is 4.57. The molecule has 0 spiro atoms. The molecule has 114 valence electrons. The number of aliphatic hydroxyl groups excluding tert-OH is 1. The molecule has 0 aliphatic heterocycles. The van der Waals surface area contributed by atoms with Gasteiger partial charge in [0, 0.05) is 6.42 Å². The van der Waals surface area contributed by atoms with Crippen molar-refractivity contribution >= 4 is 5.97 Å². The van der Waals surface area contributed by atoms with Gasteiger partial charge in [-0.1, -0.05) is 77.6 Å². The second-order valence-corrected chi connectivity index (χ2v) is 5.28. The van der Waals surface area contributed by atoms with Gasteiger partial charge in [-0.25, -0.2) is 0 Å². The van der Waals surface area contributed by atoms with E-state index in [2.05, 4.69) is 11.7 Å². The maximum Gasteiger partial charge on any atom is 0.307 e. The molecule has 0 aromatic heterocycles. The van der Waals surface area contributed by atoms with Gasteiger partial charge >= 0.3 is 5.97 Å². The Hall–Kier alpha value is -0.570. The summed E-state index contributed by atoms with van der Waals surface area (Å²) in [5, 5.41) is 8.38. The minimum atomic E-state index is -0.489. The van der Waals surface area contributed by atoms with Crippen molar-refractivity contribution in [1.82, 2.24) is 0 Å². The molecule has 0 aromatic rings. The number of carbonyl (C=O) groups is 1. The molecule has 0 fully saturated rings. The fraction of sp³-hybridized carbons (Fsp3) is 0.938. The molecular weight excluding hydrogens is 240 g/mol. The minimum absolute atomic E-state index is 0.283. The third kappa shape index (κ3) is 15.4. The van der Waals surface area contributed by atoms with E-state index < -0.39 is 6.79 Å². The SMILES string of the molecule is CCCCCCCCCCCCCCC(=O)OCO. The van der Waals surface area contributed by atoms with Gasteiger partial charge in [0.15, 0.2) is 6.79 Å². The number of ether oxygens (including phenoxy) is 1. The molecule has 3 heteroatoms. The lowest BCUT2D eigenvalue weighted by atomic mass is 10.0. The van der Waals surface area contributed by atoms with Crippen LogP contribution in [0.2, 0.25) is 0 Å². The monoisotopic (exact) mass is 272 g/mol. The number of hydrogen-bond donors (Lipinski definition) is 1. The van der Waals surface area contributed by atoms with Gasteiger partial charge in [0.1, 0.15) is 0 Å². The summed E-state index contributed by atoms with van der Waals surface area (Å²) in [4.78, 5) is 10.9. The van der Waals surface area contributed by atoms with E-state index in [0.29, 0.717) is 6.42 Å². The van der Waals surface area contributed by atoms with E-state index >= 15 is 0 Å². The lowest BCUT2D eigenvalue weighted by Gasteiger charge is -2.03. The van der Waals surface area contributed by atoms with Gasteiger partial charge in [-0.15, -0.1) is 0 Å². The molecule has 0 aliphatic carbocycles. The third-order valence-corrected chi connectivity index (χ3v) is 3.46. The Morgan fingerprint density at radius 1 is 0.789 bits per heavy atom. The Morgan fingerprint density at radius 3 is 1.63 bits per heavy atom. The minimum Gasteiger partial charge on any atom is -0.439 e. The van der Waals surface area contributed by atoms with Gasteiger partial charge in [-0.2, -0.15) is 0 Å². The normalized spacial score (nSPS) is 10.6. The molecule has 0 aromatic carbocycles. The summed E-state index contributed by atoms with van der Waals surface area (Å²) in [5.74, 6) is -0.283. The van der Waals surface area contributed by atoms with Crippen molar-refractivity contribution in [2.75, 3.05) is 6.79 Å². The fourth-order valence-electron chi connectivity index (χ4n) is 2.25. The van der Waals surface area contributed by atoms with E-state index in [9.17, 15) is 4.79 Å². The zero-order valence-corrected chi connectivity index (χ0v) is 12.7. The van der Waals surface area contributed by atoms with E-state index in [-0.39, 0.29) is 5.97 Å². The molecule has 0 bridgehead atoms. The van der Waals surface area contributed by atoms with Crippen LogP contribution in [0, 0.1) is 0 Å². The predicted molar refractivity (Wildman–Crippen MR) is 78.9 cm³/mol. The number of rotatable bonds is 14. The van der Waals surface area contributed by atoms with E-state index in [4.69, 9.17) is 5.11 Å². The maximum absolute atomic E-state index is 10.9. The summed E-state index contributed by atoms with van der Waals surface area (Å²) in [6, 6.07) is 0. The molecule has 0 amide bonds. The fourth-order valence-corrected chi connectivity index (χ4v) is 2.25. The zero-order valence-electron chi connectivity index (χ0n) is 12.7. The lowest BCUT2D eigenvalue weighted by molar-refractivity contribution is -0.151. The van der Waals surface area contributed by atoms with Gasteiger partial charge in [0.2, 0.25) is 0 Å². The van der Waals surface area contributed by atoms with Crippen molar-refractivity contribution in [3.8, 4) is 0 Å². The quantitative estimate of drug-likeness (QED) is 0.286. The van der Waals surface area contributed by atoms with Crippen LogP contribution in [-0.2, 0) is 9.53 Å². The summed E-state index contributed by atoms with van der Waals surface area (Å²) >= 11 is 0. The van der Waals surface area contributed by atoms with Gasteiger partial charge in [-0.05, 0) is 6.42 Å². The zero-order chi connectivity index (χ0) is 14.2. The largest absolute Gasteiger partial charge is 0.439 e. The Bertz CT molecular complexity index is 192. The van der Waals surface area contributed by atoms with Crippen molar-refractivity contribution in [3.63, 3.8) is 0 Å². The van der Waals surface area contributed by atoms with Crippen LogP contribution in [-0.4, -0.2) is 17.9 Å². The first-order chi connectivity index (χ1) is 9.31. The number of carbonyl (C=O) groups excluding carboxylic acids is 1. The Labute approximate surface area is 118 Å². The molecule has 0 saturated carbocycles. The molecule has 0 aliphatic rings. The molecule has 19 heavy (non-hydrogen) atoms. The van der Waals surface area contributed by atoms with E-state index in [0.717, 1.165) is 12.8 Å². The van der Waals surface area contributed by atoms with Crippen LogP contribution in [0.4, 0.5) is 0 Å². The average Bonchev–Trinajstić information content (AvgIpc) is 2.40. The summed E-state index contributed by atoms with van der Waals surface area (Å²) in [6.07, 6.45) is 15.9. The highest BCUT2D eigenvalue weighted by molar-refractivity contribution is 5.69. The third-order valence-electron chi connectivity index (χ3n) is 3.46. The molecule has 0 rings (SSSR count). The lowest BCUT2D eigenvalue weighted by Crippen LogP contribution is -2.04. The number of esters is 1. The standard InChI is InChI=1S/C16H32O3/c1-2-3-4-5-6-7-8-9-10-11-12-13-14-16(18)19-15-17/h17H,2-15H2,1H3. The second kappa shape index (κ2) is 15.5. The van der Waals surface area contributed by atoms with Crippen molar-refractivity contribution in [3.05, 3.63) is 0 Å². The van der Waals surface area contributed by atoms with Gasteiger partial charge in [-0.3, -0.25) is 4.79 Å². The van der Waals surface area contributed by atoms with Crippen LogP contribution >= 0.6 is 0 Å². The highest BCUT2D eigenvalue weighted by Gasteiger charge is 2.00. The molecule has 1 N–H and O–H groups in total. The van der Waals surface area contributed by atoms with E-state index in [1.165, 1.54) is 64.2 Å². The molecule has 3 nitrogen and oxygen atoms in total. The van der Waals surface area contributed by atoms with Crippen molar-refractivity contribution in [1.29, 1.82) is 0 Å². The van der Waals surface area contributed by atoms with Gasteiger partial charge in [0.25, 0.3) is 0 Å². The van der Waals surface area contributed by atoms with Crippen LogP contribution < -0.4 is 0 Å². The van der Waals surface area contributed by atoms with Crippen LogP contribution in [0.15, 0.2) is 0 Å². The highest BCUT2D eigenvalue weighted by atomic mass is 16.6. The number of aliphatic hydroxyl groups is 1. The Morgan fingerprint density at radius 2 is 1.21 bits per heavy atom. The molecular formula is C16H32O3. The smallest absolute Gasteiger partial charge is 0.307 e. The number of hydrogen-bond acceptors (Lipinski definition) is 3. The van der Waals surface area contributed by atoms with Crippen molar-refractivity contribution in [2.45, 2.75) is 90.4 Å². The van der Waals surface area contributed by atoms with E-state index in [1.54, 1.807) is 0 Å². The summed E-state index contributed by atoms with van der Waals surface area (Å²) in [5.41, 5.74) is 0. The van der Waals surface area contributed by atoms with Crippen LogP contribution in [0.5, 0.6) is 0 Å². The molecule has 0 radical (unpaired) electrons. The topological polar surface area (TPSA) is 46.5 Å².